The summed E-state index contributed by atoms with van der Waals surface area (Å²) < 4.78 is 0. The normalized spacial score (nSPS) is 18.9. The molecule has 0 heterocycles. The van der Waals surface area contributed by atoms with Gasteiger partial charge in [-0.2, -0.15) is 0 Å². The number of nitrogens with zero attached hydrogens (tertiary/aromatic N) is 3. The summed E-state index contributed by atoms with van der Waals surface area (Å²) in [5.74, 6) is 0. The maximum absolute atomic E-state index is 9.37. The Morgan fingerprint density at radius 1 is 1.36 bits per heavy atom. The Morgan fingerprint density at radius 2 is 1.93 bits per heavy atom. The number of azide groups is 1. The third kappa shape index (κ3) is 3.73. The van der Waals surface area contributed by atoms with Gasteiger partial charge in [-0.3, -0.25) is 0 Å². The first-order valence-electron chi connectivity index (χ1n) is 3.73. The topological polar surface area (TPSA) is 130 Å². The van der Waals surface area contributed by atoms with Crippen molar-refractivity contribution in [3.8, 4) is 0 Å². The van der Waals surface area contributed by atoms with E-state index in [0.29, 0.717) is 0 Å². The van der Waals surface area contributed by atoms with Gasteiger partial charge in [0.1, 0.15) is 0 Å². The van der Waals surface area contributed by atoms with Gasteiger partial charge >= 0.3 is 87.4 Å². The van der Waals surface area contributed by atoms with Crippen LogP contribution >= 0.6 is 0 Å². The summed E-state index contributed by atoms with van der Waals surface area (Å²) in [6, 6.07) is -0.990. The fraction of sp³-hybridized carbons (Fsp3) is 0.833. The van der Waals surface area contributed by atoms with Gasteiger partial charge in [-0.05, 0) is 0 Å². The second kappa shape index (κ2) is 6.91. The van der Waals surface area contributed by atoms with E-state index < -0.39 is 31.0 Å². The van der Waals surface area contributed by atoms with Crippen LogP contribution in [0.2, 0.25) is 0 Å². The molecule has 0 fully saturated rings. The Kier molecular flexibility index (Phi) is 6.69. The molecule has 0 unspecified atom stereocenters. The van der Waals surface area contributed by atoms with Gasteiger partial charge in [0.25, 0.3) is 0 Å². The van der Waals surface area contributed by atoms with Crippen LogP contribution in [0.3, 0.4) is 0 Å². The second-order valence-corrected chi connectivity index (χ2v) is 3.13. The molecule has 0 amide bonds. The van der Waals surface area contributed by atoms with E-state index in [9.17, 15) is 10.2 Å². The molecule has 0 aliphatic rings. The summed E-state index contributed by atoms with van der Waals surface area (Å²) >= 11 is 2.42. The number of aliphatic hydroxyl groups is 4. The molecule has 0 saturated heterocycles. The SMILES string of the molecule is [N-]=[N+]=N[C@@H](C=[Se])[C@@H](O)[C@H](O)[C@H](O)CO. The van der Waals surface area contributed by atoms with Crippen molar-refractivity contribution in [2.24, 2.45) is 5.11 Å². The van der Waals surface area contributed by atoms with Gasteiger partial charge in [-0.25, -0.2) is 0 Å². The molecular weight excluding hydrogens is 257 g/mol. The number of aliphatic hydroxyl groups excluding tert-OH is 4. The summed E-state index contributed by atoms with van der Waals surface area (Å²) in [5.41, 5.74) is 8.11. The summed E-state index contributed by atoms with van der Waals surface area (Å²) in [5, 5.41) is 39.3. The van der Waals surface area contributed by atoms with Crippen LogP contribution in [-0.4, -0.2) is 71.9 Å². The Labute approximate surface area is 88.0 Å². The molecule has 8 heteroatoms. The molecule has 4 N–H and O–H groups in total. The molecular formula is C6H11N3O4Se. The Balaban J connectivity index is 4.47. The van der Waals surface area contributed by atoms with Crippen molar-refractivity contribution in [1.82, 2.24) is 0 Å². The van der Waals surface area contributed by atoms with Crippen LogP contribution in [0.25, 0.3) is 10.4 Å². The van der Waals surface area contributed by atoms with Crippen molar-refractivity contribution in [1.29, 1.82) is 0 Å². The van der Waals surface area contributed by atoms with Crippen LogP contribution in [0.1, 0.15) is 0 Å². The summed E-state index contributed by atoms with van der Waals surface area (Å²) in [6.07, 6.45) is -4.50. The van der Waals surface area contributed by atoms with Gasteiger partial charge < -0.3 is 0 Å². The molecule has 0 rings (SSSR count). The van der Waals surface area contributed by atoms with Crippen LogP contribution in [-0.2, 0) is 0 Å². The van der Waals surface area contributed by atoms with E-state index in [1.54, 1.807) is 0 Å². The minimum absolute atomic E-state index is 0.686. The van der Waals surface area contributed by atoms with E-state index in [2.05, 4.69) is 25.6 Å². The first kappa shape index (κ1) is 13.5. The van der Waals surface area contributed by atoms with Gasteiger partial charge in [-0.15, -0.1) is 0 Å². The average Bonchev–Trinajstić information content (AvgIpc) is 2.22. The van der Waals surface area contributed by atoms with Gasteiger partial charge in [0, 0.05) is 0 Å². The fourth-order valence-electron chi connectivity index (χ4n) is 0.773. The van der Waals surface area contributed by atoms with Crippen molar-refractivity contribution >= 4 is 20.5 Å². The third-order valence-corrected chi connectivity index (χ3v) is 2.19. The monoisotopic (exact) mass is 269 g/mol. The summed E-state index contributed by atoms with van der Waals surface area (Å²) in [6.45, 7) is -0.686. The molecule has 7 nitrogen and oxygen atoms in total. The molecule has 0 aromatic carbocycles. The van der Waals surface area contributed by atoms with Crippen molar-refractivity contribution in [2.75, 3.05) is 6.61 Å². The molecule has 80 valence electrons. The first-order valence-corrected chi connectivity index (χ1v) is 4.72. The Morgan fingerprint density at radius 3 is 2.29 bits per heavy atom. The molecule has 0 saturated carbocycles. The zero-order valence-electron chi connectivity index (χ0n) is 7.13. The molecule has 14 heavy (non-hydrogen) atoms. The fourth-order valence-corrected chi connectivity index (χ4v) is 1.23. The number of hydrogen-bond donors (Lipinski definition) is 4. The van der Waals surface area contributed by atoms with E-state index in [1.165, 1.54) is 4.92 Å². The summed E-state index contributed by atoms with van der Waals surface area (Å²) in [7, 11) is 0. The van der Waals surface area contributed by atoms with Gasteiger partial charge in [0.15, 0.2) is 0 Å². The van der Waals surface area contributed by atoms with Crippen molar-refractivity contribution in [3.05, 3.63) is 10.4 Å². The molecule has 4 atom stereocenters. The Hall–Kier alpha value is -0.461. The molecule has 0 aliphatic heterocycles. The standard InChI is InChI=1S/C6H11N3O4Se/c7-9-8-3(2-14)5(12)6(13)4(11)1-10/h2-6,10-13H,1H2/t3-,4+,5+,6+/m0/s1. The van der Waals surface area contributed by atoms with Crippen LogP contribution < -0.4 is 0 Å². The molecule has 0 bridgehead atoms. The van der Waals surface area contributed by atoms with E-state index in [1.807, 2.05) is 0 Å². The van der Waals surface area contributed by atoms with Crippen molar-refractivity contribution in [2.45, 2.75) is 24.4 Å². The van der Waals surface area contributed by atoms with Crippen LogP contribution in [0, 0.1) is 0 Å². The van der Waals surface area contributed by atoms with Gasteiger partial charge in [-0.1, -0.05) is 0 Å². The van der Waals surface area contributed by atoms with Crippen LogP contribution in [0.4, 0.5) is 0 Å². The number of hydrogen-bond acceptors (Lipinski definition) is 5. The van der Waals surface area contributed by atoms with Crippen LogP contribution in [0.5, 0.6) is 0 Å². The van der Waals surface area contributed by atoms with Crippen molar-refractivity contribution in [3.63, 3.8) is 0 Å². The maximum atomic E-state index is 9.37. The van der Waals surface area contributed by atoms with Gasteiger partial charge in [0.05, 0.1) is 0 Å². The molecule has 0 spiro atoms. The second-order valence-electron chi connectivity index (χ2n) is 2.56. The zero-order valence-corrected chi connectivity index (χ0v) is 8.85. The Bertz CT molecular complexity index is 233. The van der Waals surface area contributed by atoms with E-state index in [-0.39, 0.29) is 0 Å². The quantitative estimate of drug-likeness (QED) is 0.187. The average molecular weight is 268 g/mol. The molecule has 0 radical (unpaired) electrons. The molecule has 0 aromatic heterocycles. The molecule has 0 aromatic rings. The predicted molar refractivity (Wildman–Crippen MR) is 49.9 cm³/mol. The van der Waals surface area contributed by atoms with Crippen molar-refractivity contribution < 1.29 is 20.4 Å². The molecule has 0 aliphatic carbocycles. The first-order chi connectivity index (χ1) is 6.58. The minimum atomic E-state index is -1.57. The van der Waals surface area contributed by atoms with E-state index in [4.69, 9.17) is 15.7 Å². The van der Waals surface area contributed by atoms with Crippen LogP contribution in [0.15, 0.2) is 5.11 Å². The summed E-state index contributed by atoms with van der Waals surface area (Å²) in [4.78, 5) is 3.72. The third-order valence-electron chi connectivity index (χ3n) is 1.61. The van der Waals surface area contributed by atoms with Gasteiger partial charge in [0.2, 0.25) is 0 Å². The predicted octanol–water partition coefficient (Wildman–Crippen LogP) is -2.29. The zero-order chi connectivity index (χ0) is 11.1. The van der Waals surface area contributed by atoms with E-state index >= 15 is 0 Å². The number of rotatable bonds is 6. The van der Waals surface area contributed by atoms with E-state index in [0.717, 1.165) is 0 Å².